The Kier molecular flexibility index (Phi) is 3.69. The molecule has 1 aliphatic carbocycles. The van der Waals surface area contributed by atoms with Crippen LogP contribution in [0.2, 0.25) is 0 Å². The molecule has 0 aromatic rings. The van der Waals surface area contributed by atoms with Crippen LogP contribution < -0.4 is 5.73 Å². The summed E-state index contributed by atoms with van der Waals surface area (Å²) in [4.78, 5) is 2.29. The van der Waals surface area contributed by atoms with Crippen LogP contribution in [-0.4, -0.2) is 36.2 Å². The van der Waals surface area contributed by atoms with Crippen LogP contribution in [0.3, 0.4) is 0 Å². The molecule has 5 heteroatoms. The molecule has 0 aromatic carbocycles. The summed E-state index contributed by atoms with van der Waals surface area (Å²) in [5.74, 6) is -0.609. The highest BCUT2D eigenvalue weighted by Crippen LogP contribution is 2.39. The van der Waals surface area contributed by atoms with Crippen molar-refractivity contribution in [3.8, 4) is 0 Å². The maximum atomic E-state index is 12.5. The van der Waals surface area contributed by atoms with Crippen LogP contribution in [0.25, 0.3) is 0 Å². The summed E-state index contributed by atoms with van der Waals surface area (Å²) in [5, 5.41) is 0. The topological polar surface area (TPSA) is 29.3 Å². The molecule has 2 rings (SSSR count). The first kappa shape index (κ1) is 13.1. The minimum atomic E-state index is -4.00. The van der Waals surface area contributed by atoms with Gasteiger partial charge in [0, 0.05) is 25.2 Å². The van der Waals surface area contributed by atoms with E-state index in [1.165, 1.54) is 0 Å². The molecule has 2 aliphatic rings. The normalized spacial score (nSPS) is 40.8. The molecule has 2 fully saturated rings. The fraction of sp³-hybridized carbons (Fsp3) is 1.00. The predicted molar refractivity (Wildman–Crippen MR) is 60.5 cm³/mol. The van der Waals surface area contributed by atoms with Crippen molar-refractivity contribution in [3.05, 3.63) is 0 Å². The van der Waals surface area contributed by atoms with Crippen LogP contribution in [-0.2, 0) is 0 Å². The van der Waals surface area contributed by atoms with Crippen molar-refractivity contribution >= 4 is 0 Å². The lowest BCUT2D eigenvalue weighted by Gasteiger charge is -2.35. The smallest absolute Gasteiger partial charge is 0.326 e. The highest BCUT2D eigenvalue weighted by molar-refractivity contribution is 4.90. The highest BCUT2D eigenvalue weighted by atomic mass is 19.4. The molecule has 2 atom stereocenters. The van der Waals surface area contributed by atoms with E-state index in [9.17, 15) is 13.2 Å². The van der Waals surface area contributed by atoms with Gasteiger partial charge in [-0.3, -0.25) is 4.90 Å². The summed E-state index contributed by atoms with van der Waals surface area (Å²) >= 11 is 0. The molecule has 2 unspecified atom stereocenters. The van der Waals surface area contributed by atoms with Gasteiger partial charge in [0.2, 0.25) is 0 Å². The third-order valence-corrected chi connectivity index (χ3v) is 4.37. The minimum Gasteiger partial charge on any atom is -0.326 e. The summed E-state index contributed by atoms with van der Waals surface area (Å²) < 4.78 is 37.6. The summed E-state index contributed by atoms with van der Waals surface area (Å²) in [6.45, 7) is 3.91. The lowest BCUT2D eigenvalue weighted by atomic mass is 9.85. The SMILES string of the molecule is CC1CN(C2CCC(C(F)(F)F)CC2)CC1N. The van der Waals surface area contributed by atoms with E-state index in [0.29, 0.717) is 24.8 Å². The first-order valence-electron chi connectivity index (χ1n) is 6.44. The molecular weight excluding hydrogens is 229 g/mol. The molecule has 1 aliphatic heterocycles. The van der Waals surface area contributed by atoms with Gasteiger partial charge in [0.15, 0.2) is 0 Å². The van der Waals surface area contributed by atoms with Crippen molar-refractivity contribution in [2.75, 3.05) is 13.1 Å². The van der Waals surface area contributed by atoms with Crippen molar-refractivity contribution < 1.29 is 13.2 Å². The van der Waals surface area contributed by atoms with Gasteiger partial charge in [0.1, 0.15) is 0 Å². The summed E-state index contributed by atoms with van der Waals surface area (Å²) in [6.07, 6.45) is -2.09. The van der Waals surface area contributed by atoms with Gasteiger partial charge in [-0.15, -0.1) is 0 Å². The third kappa shape index (κ3) is 2.94. The van der Waals surface area contributed by atoms with Crippen molar-refractivity contribution in [2.24, 2.45) is 17.6 Å². The van der Waals surface area contributed by atoms with Gasteiger partial charge in [-0.2, -0.15) is 13.2 Å². The van der Waals surface area contributed by atoms with E-state index < -0.39 is 12.1 Å². The Morgan fingerprint density at radius 2 is 1.65 bits per heavy atom. The largest absolute Gasteiger partial charge is 0.391 e. The molecule has 0 bridgehead atoms. The predicted octanol–water partition coefficient (Wildman–Crippen LogP) is 2.39. The third-order valence-electron chi connectivity index (χ3n) is 4.37. The molecule has 0 aromatic heterocycles. The lowest BCUT2D eigenvalue weighted by molar-refractivity contribution is -0.184. The second-order valence-electron chi connectivity index (χ2n) is 5.64. The lowest BCUT2D eigenvalue weighted by Crippen LogP contribution is -2.40. The van der Waals surface area contributed by atoms with Crippen molar-refractivity contribution in [3.63, 3.8) is 0 Å². The van der Waals surface area contributed by atoms with Crippen LogP contribution in [0.5, 0.6) is 0 Å². The zero-order valence-electron chi connectivity index (χ0n) is 10.2. The zero-order valence-corrected chi connectivity index (χ0v) is 10.2. The fourth-order valence-corrected chi connectivity index (χ4v) is 3.10. The van der Waals surface area contributed by atoms with Crippen molar-refractivity contribution in [1.29, 1.82) is 0 Å². The van der Waals surface area contributed by atoms with E-state index in [4.69, 9.17) is 5.73 Å². The van der Waals surface area contributed by atoms with Gasteiger partial charge < -0.3 is 5.73 Å². The average Bonchev–Trinajstić information content (AvgIpc) is 2.58. The van der Waals surface area contributed by atoms with Gasteiger partial charge in [-0.25, -0.2) is 0 Å². The molecule has 0 spiro atoms. The number of hydrogen-bond acceptors (Lipinski definition) is 2. The summed E-state index contributed by atoms with van der Waals surface area (Å²) in [6, 6.07) is 0.514. The molecule has 2 N–H and O–H groups in total. The van der Waals surface area contributed by atoms with Crippen LogP contribution in [0.4, 0.5) is 13.2 Å². The van der Waals surface area contributed by atoms with Gasteiger partial charge in [-0.05, 0) is 31.6 Å². The number of nitrogens with zero attached hydrogens (tertiary/aromatic N) is 1. The molecule has 1 heterocycles. The second kappa shape index (κ2) is 4.76. The van der Waals surface area contributed by atoms with E-state index in [2.05, 4.69) is 11.8 Å². The Bertz CT molecular complexity index is 249. The molecule has 0 radical (unpaired) electrons. The summed E-state index contributed by atoms with van der Waals surface area (Å²) in [5.41, 5.74) is 5.95. The highest BCUT2D eigenvalue weighted by Gasteiger charge is 2.43. The number of nitrogens with two attached hydrogens (primary N) is 1. The van der Waals surface area contributed by atoms with Crippen LogP contribution in [0.1, 0.15) is 32.6 Å². The molecule has 2 nitrogen and oxygen atoms in total. The maximum absolute atomic E-state index is 12.5. The van der Waals surface area contributed by atoms with Crippen LogP contribution >= 0.6 is 0 Å². The zero-order chi connectivity index (χ0) is 12.6. The average molecular weight is 250 g/mol. The van der Waals surface area contributed by atoms with E-state index >= 15 is 0 Å². The standard InChI is InChI=1S/C12H21F3N2/c1-8-6-17(7-11(8)16)10-4-2-9(3-5-10)12(13,14)15/h8-11H,2-7,16H2,1H3. The maximum Gasteiger partial charge on any atom is 0.391 e. The van der Waals surface area contributed by atoms with Gasteiger partial charge in [0.05, 0.1) is 5.92 Å². The Morgan fingerprint density at radius 1 is 1.06 bits per heavy atom. The van der Waals surface area contributed by atoms with Crippen molar-refractivity contribution in [1.82, 2.24) is 4.90 Å². The summed E-state index contributed by atoms with van der Waals surface area (Å²) in [7, 11) is 0. The number of hydrogen-bond donors (Lipinski definition) is 1. The van der Waals surface area contributed by atoms with Crippen LogP contribution in [0, 0.1) is 11.8 Å². The number of rotatable bonds is 1. The van der Waals surface area contributed by atoms with E-state index in [0.717, 1.165) is 13.1 Å². The van der Waals surface area contributed by atoms with Crippen molar-refractivity contribution in [2.45, 2.75) is 50.9 Å². The number of likely N-dealkylation sites (tertiary alicyclic amines) is 1. The first-order valence-corrected chi connectivity index (χ1v) is 6.44. The molecular formula is C12H21F3N2. The minimum absolute atomic E-state index is 0.190. The molecule has 17 heavy (non-hydrogen) atoms. The fourth-order valence-electron chi connectivity index (χ4n) is 3.10. The van der Waals surface area contributed by atoms with E-state index in [1.54, 1.807) is 0 Å². The molecule has 1 saturated heterocycles. The quantitative estimate of drug-likeness (QED) is 0.774. The Balaban J connectivity index is 1.84. The van der Waals surface area contributed by atoms with Gasteiger partial charge in [-0.1, -0.05) is 6.92 Å². The van der Waals surface area contributed by atoms with E-state index in [-0.39, 0.29) is 18.9 Å². The Hall–Kier alpha value is -0.290. The molecule has 1 saturated carbocycles. The van der Waals surface area contributed by atoms with Gasteiger partial charge >= 0.3 is 6.18 Å². The Labute approximate surface area is 100 Å². The number of alkyl halides is 3. The van der Waals surface area contributed by atoms with E-state index in [1.807, 2.05) is 0 Å². The first-order chi connectivity index (χ1) is 7.88. The van der Waals surface area contributed by atoms with Crippen LogP contribution in [0.15, 0.2) is 0 Å². The molecule has 0 amide bonds. The molecule has 100 valence electrons. The van der Waals surface area contributed by atoms with Gasteiger partial charge in [0.25, 0.3) is 0 Å². The second-order valence-corrected chi connectivity index (χ2v) is 5.64. The Morgan fingerprint density at radius 3 is 2.06 bits per heavy atom. The monoisotopic (exact) mass is 250 g/mol. The number of halogens is 3.